The molecule has 5 nitrogen and oxygen atoms in total. The van der Waals surface area contributed by atoms with Gasteiger partial charge >= 0.3 is 0 Å². The van der Waals surface area contributed by atoms with E-state index in [9.17, 15) is 15.2 Å². The highest BCUT2D eigenvalue weighted by atomic mass is 16.6. The molecule has 1 aliphatic carbocycles. The van der Waals surface area contributed by atoms with Crippen LogP contribution in [0, 0.1) is 10.1 Å². The van der Waals surface area contributed by atoms with Gasteiger partial charge in [0.2, 0.25) is 0 Å². The average Bonchev–Trinajstić information content (AvgIpc) is 2.87. The van der Waals surface area contributed by atoms with Crippen molar-refractivity contribution in [2.24, 2.45) is 0 Å². The summed E-state index contributed by atoms with van der Waals surface area (Å²) < 4.78 is 0. The van der Waals surface area contributed by atoms with Gasteiger partial charge in [-0.25, -0.2) is 0 Å². The molecular weight excluding hydrogens is 340 g/mol. The summed E-state index contributed by atoms with van der Waals surface area (Å²) in [4.78, 5) is 13.1. The summed E-state index contributed by atoms with van der Waals surface area (Å²) in [6, 6.07) is 16.1. The third-order valence-corrected chi connectivity index (χ3v) is 6.26. The maximum Gasteiger partial charge on any atom is 0.269 e. The Morgan fingerprint density at radius 3 is 2.48 bits per heavy atom. The van der Waals surface area contributed by atoms with E-state index in [1.807, 2.05) is 6.07 Å². The monoisotopic (exact) mass is 366 g/mol. The zero-order valence-electron chi connectivity index (χ0n) is 15.5. The minimum absolute atomic E-state index is 0.0598. The molecule has 5 heteroatoms. The van der Waals surface area contributed by atoms with Crippen LogP contribution in [0.1, 0.15) is 54.4 Å². The van der Waals surface area contributed by atoms with E-state index < -0.39 is 6.10 Å². The Kier molecular flexibility index (Phi) is 5.23. The maximum absolute atomic E-state index is 11.1. The highest BCUT2D eigenvalue weighted by Gasteiger charge is 2.30. The molecule has 0 aromatic heterocycles. The van der Waals surface area contributed by atoms with E-state index in [2.05, 4.69) is 35.2 Å². The number of aliphatic hydroxyl groups is 1. The van der Waals surface area contributed by atoms with Crippen molar-refractivity contribution in [2.75, 3.05) is 13.1 Å². The van der Waals surface area contributed by atoms with Crippen molar-refractivity contribution in [2.45, 2.75) is 50.2 Å². The summed E-state index contributed by atoms with van der Waals surface area (Å²) in [5.74, 6) is 0.638. The van der Waals surface area contributed by atoms with Crippen molar-refractivity contribution in [1.29, 1.82) is 0 Å². The molecule has 1 saturated carbocycles. The lowest BCUT2D eigenvalue weighted by molar-refractivity contribution is -0.385. The Hall–Kier alpha value is -2.24. The zero-order valence-corrected chi connectivity index (χ0v) is 15.5. The summed E-state index contributed by atoms with van der Waals surface area (Å²) in [7, 11) is 0. The lowest BCUT2D eigenvalue weighted by Crippen LogP contribution is -2.40. The van der Waals surface area contributed by atoms with Gasteiger partial charge in [0.05, 0.1) is 11.0 Å². The van der Waals surface area contributed by atoms with E-state index in [1.165, 1.54) is 18.4 Å². The number of β-amino-alcohol motifs (C(OH)–C–C–N with tert-alkyl or cyclic N) is 1. The number of non-ortho nitro benzene ring substituents is 1. The number of nitro groups is 1. The molecule has 27 heavy (non-hydrogen) atoms. The second-order valence-corrected chi connectivity index (χ2v) is 7.82. The molecular formula is C22H26N2O3. The third-order valence-electron chi connectivity index (χ3n) is 6.26. The van der Waals surface area contributed by atoms with E-state index in [1.54, 1.807) is 12.1 Å². The topological polar surface area (TPSA) is 66.6 Å². The Morgan fingerprint density at radius 2 is 1.78 bits per heavy atom. The van der Waals surface area contributed by atoms with Gasteiger partial charge in [-0.15, -0.1) is 0 Å². The molecule has 0 spiro atoms. The van der Waals surface area contributed by atoms with Gasteiger partial charge in [-0.1, -0.05) is 36.4 Å². The zero-order chi connectivity index (χ0) is 18.8. The number of benzene rings is 2. The standard InChI is InChI=1S/C22H26N2O3/c25-22-15-23(13-12-18-8-11-20(24(26)27)14-21(18)22)19-9-6-17(7-10-19)16-4-2-1-3-5-16/h1-5,8,11,14,17,19,22,25H,6-7,9-10,12-13,15H2. The van der Waals surface area contributed by atoms with E-state index >= 15 is 0 Å². The number of nitrogens with zero attached hydrogens (tertiary/aromatic N) is 2. The van der Waals surface area contributed by atoms with Crippen molar-refractivity contribution in [3.8, 4) is 0 Å². The fourth-order valence-electron chi connectivity index (χ4n) is 4.74. The number of hydrogen-bond acceptors (Lipinski definition) is 4. The van der Waals surface area contributed by atoms with E-state index in [0.29, 0.717) is 18.5 Å². The lowest BCUT2D eigenvalue weighted by Gasteiger charge is -2.37. The molecule has 1 N–H and O–H groups in total. The van der Waals surface area contributed by atoms with Crippen molar-refractivity contribution in [3.05, 3.63) is 75.3 Å². The normalized spacial score (nSPS) is 26.2. The summed E-state index contributed by atoms with van der Waals surface area (Å²) in [5, 5.41) is 21.8. The summed E-state index contributed by atoms with van der Waals surface area (Å²) in [6.45, 7) is 1.47. The predicted molar refractivity (Wildman–Crippen MR) is 105 cm³/mol. The van der Waals surface area contributed by atoms with Gasteiger partial charge in [-0.2, -0.15) is 0 Å². The summed E-state index contributed by atoms with van der Waals surface area (Å²) in [6.07, 6.45) is 4.82. The first kappa shape index (κ1) is 18.1. The molecule has 1 heterocycles. The van der Waals surface area contributed by atoms with Crippen LogP contribution in [0.4, 0.5) is 5.69 Å². The van der Waals surface area contributed by atoms with E-state index in [0.717, 1.165) is 36.9 Å². The van der Waals surface area contributed by atoms with Gasteiger partial charge in [0.1, 0.15) is 0 Å². The van der Waals surface area contributed by atoms with Crippen LogP contribution in [0.15, 0.2) is 48.5 Å². The largest absolute Gasteiger partial charge is 0.387 e. The minimum atomic E-state index is -0.658. The highest BCUT2D eigenvalue weighted by Crippen LogP contribution is 2.36. The van der Waals surface area contributed by atoms with Gasteiger partial charge in [0.15, 0.2) is 0 Å². The minimum Gasteiger partial charge on any atom is -0.387 e. The van der Waals surface area contributed by atoms with Crippen LogP contribution in [0.25, 0.3) is 0 Å². The van der Waals surface area contributed by atoms with Crippen molar-refractivity contribution in [3.63, 3.8) is 0 Å². The highest BCUT2D eigenvalue weighted by molar-refractivity contribution is 5.42. The number of fused-ring (bicyclic) bond motifs is 1. The molecule has 2 aromatic rings. The van der Waals surface area contributed by atoms with Gasteiger partial charge < -0.3 is 5.11 Å². The van der Waals surface area contributed by atoms with Gasteiger partial charge in [0, 0.05) is 31.3 Å². The van der Waals surface area contributed by atoms with E-state index in [-0.39, 0.29) is 10.6 Å². The molecule has 4 rings (SSSR count). The van der Waals surface area contributed by atoms with E-state index in [4.69, 9.17) is 0 Å². The summed E-state index contributed by atoms with van der Waals surface area (Å²) >= 11 is 0. The summed E-state index contributed by atoms with van der Waals surface area (Å²) in [5.41, 5.74) is 3.26. The molecule has 1 fully saturated rings. The predicted octanol–water partition coefficient (Wildman–Crippen LogP) is 4.21. The van der Waals surface area contributed by atoms with Crippen LogP contribution < -0.4 is 0 Å². The molecule has 0 amide bonds. The SMILES string of the molecule is O=[N+]([O-])c1ccc2c(c1)C(O)CN(C1CCC(c3ccccc3)CC1)CC2. The second kappa shape index (κ2) is 7.79. The van der Waals surface area contributed by atoms with Crippen LogP contribution in [0.5, 0.6) is 0 Å². The first-order valence-electron chi connectivity index (χ1n) is 9.86. The Morgan fingerprint density at radius 1 is 1.04 bits per heavy atom. The second-order valence-electron chi connectivity index (χ2n) is 7.82. The molecule has 142 valence electrons. The third kappa shape index (κ3) is 3.89. The molecule has 1 aliphatic heterocycles. The fraction of sp³-hybridized carbons (Fsp3) is 0.455. The van der Waals surface area contributed by atoms with Gasteiger partial charge in [-0.05, 0) is 54.7 Å². The number of rotatable bonds is 3. The van der Waals surface area contributed by atoms with Crippen LogP contribution in [-0.4, -0.2) is 34.1 Å². The van der Waals surface area contributed by atoms with Crippen LogP contribution in [-0.2, 0) is 6.42 Å². The Labute approximate surface area is 159 Å². The van der Waals surface area contributed by atoms with Crippen LogP contribution in [0.2, 0.25) is 0 Å². The Bertz CT molecular complexity index is 800. The molecule has 0 radical (unpaired) electrons. The van der Waals surface area contributed by atoms with Crippen molar-refractivity contribution in [1.82, 2.24) is 4.90 Å². The Balaban J connectivity index is 1.42. The maximum atomic E-state index is 11.1. The molecule has 2 aliphatic rings. The molecule has 2 aromatic carbocycles. The molecule has 0 bridgehead atoms. The smallest absolute Gasteiger partial charge is 0.269 e. The van der Waals surface area contributed by atoms with Crippen LogP contribution in [0.3, 0.4) is 0 Å². The average molecular weight is 366 g/mol. The molecule has 1 unspecified atom stereocenters. The lowest BCUT2D eigenvalue weighted by atomic mass is 9.81. The van der Waals surface area contributed by atoms with Crippen LogP contribution >= 0.6 is 0 Å². The fourth-order valence-corrected chi connectivity index (χ4v) is 4.74. The number of aliphatic hydroxyl groups excluding tert-OH is 1. The molecule has 1 atom stereocenters. The van der Waals surface area contributed by atoms with Gasteiger partial charge in [-0.3, -0.25) is 15.0 Å². The van der Waals surface area contributed by atoms with Crippen molar-refractivity contribution >= 4 is 5.69 Å². The van der Waals surface area contributed by atoms with Crippen molar-refractivity contribution < 1.29 is 10.0 Å². The number of nitro benzene ring substituents is 1. The molecule has 0 saturated heterocycles. The first-order valence-corrected chi connectivity index (χ1v) is 9.86. The quantitative estimate of drug-likeness (QED) is 0.653. The number of hydrogen-bond donors (Lipinski definition) is 1. The first-order chi connectivity index (χ1) is 13.1. The van der Waals surface area contributed by atoms with Gasteiger partial charge in [0.25, 0.3) is 5.69 Å².